The molecule has 0 aliphatic heterocycles. The lowest BCUT2D eigenvalue weighted by Crippen LogP contribution is -2.42. The number of amides is 1. The van der Waals surface area contributed by atoms with Crippen molar-refractivity contribution in [2.24, 2.45) is 5.92 Å². The standard InChI is InChI=1S/C22H29NO4/c1-15(11-17-12-19(26-4)14-20(13-17)27-5)22(25)23(3)16(2)21(24)18-9-7-6-8-10-18/h6-10,12-16,21,24H,11H2,1-5H3/t15-,16+,21-/m1/s1. The molecule has 0 saturated heterocycles. The zero-order valence-electron chi connectivity index (χ0n) is 16.7. The van der Waals surface area contributed by atoms with Crippen molar-refractivity contribution < 1.29 is 19.4 Å². The Labute approximate surface area is 161 Å². The van der Waals surface area contributed by atoms with Crippen molar-refractivity contribution in [2.75, 3.05) is 21.3 Å². The van der Waals surface area contributed by atoms with Gasteiger partial charge in [0.15, 0.2) is 0 Å². The van der Waals surface area contributed by atoms with Gasteiger partial charge in [0.1, 0.15) is 11.5 Å². The Morgan fingerprint density at radius 1 is 1.04 bits per heavy atom. The smallest absolute Gasteiger partial charge is 0.225 e. The molecule has 2 aromatic carbocycles. The first-order valence-corrected chi connectivity index (χ1v) is 9.09. The molecule has 3 atom stereocenters. The van der Waals surface area contributed by atoms with Crippen molar-refractivity contribution in [1.29, 1.82) is 0 Å². The van der Waals surface area contributed by atoms with Gasteiger partial charge in [0.2, 0.25) is 5.91 Å². The van der Waals surface area contributed by atoms with Gasteiger partial charge in [-0.3, -0.25) is 4.79 Å². The van der Waals surface area contributed by atoms with E-state index in [0.29, 0.717) is 17.9 Å². The summed E-state index contributed by atoms with van der Waals surface area (Å²) < 4.78 is 10.6. The topological polar surface area (TPSA) is 59.0 Å². The molecule has 0 radical (unpaired) electrons. The summed E-state index contributed by atoms with van der Waals surface area (Å²) in [5, 5.41) is 10.6. The molecule has 1 N–H and O–H groups in total. The Bertz CT molecular complexity index is 725. The van der Waals surface area contributed by atoms with E-state index in [0.717, 1.165) is 11.1 Å². The summed E-state index contributed by atoms with van der Waals surface area (Å²) in [5.41, 5.74) is 1.77. The van der Waals surface area contributed by atoms with Gasteiger partial charge >= 0.3 is 0 Å². The summed E-state index contributed by atoms with van der Waals surface area (Å²) in [6, 6.07) is 14.7. The molecule has 0 aliphatic rings. The zero-order valence-corrected chi connectivity index (χ0v) is 16.7. The van der Waals surface area contributed by atoms with E-state index < -0.39 is 6.10 Å². The molecule has 0 bridgehead atoms. The number of hydrogen-bond donors (Lipinski definition) is 1. The van der Waals surface area contributed by atoms with Crippen LogP contribution in [-0.4, -0.2) is 43.2 Å². The Hall–Kier alpha value is -2.53. The molecule has 2 aromatic rings. The van der Waals surface area contributed by atoms with Crippen molar-refractivity contribution in [1.82, 2.24) is 4.90 Å². The molecule has 0 fully saturated rings. The molecule has 1 amide bonds. The average Bonchev–Trinajstić information content (AvgIpc) is 2.71. The number of carbonyl (C=O) groups is 1. The van der Waals surface area contributed by atoms with Crippen LogP contribution in [0.1, 0.15) is 31.1 Å². The molecular formula is C22H29NO4. The van der Waals surface area contributed by atoms with Crippen LogP contribution in [0.15, 0.2) is 48.5 Å². The van der Waals surface area contributed by atoms with Gasteiger partial charge in [-0.2, -0.15) is 0 Å². The lowest BCUT2D eigenvalue weighted by Gasteiger charge is -2.31. The fourth-order valence-corrected chi connectivity index (χ4v) is 3.11. The van der Waals surface area contributed by atoms with Gasteiger partial charge in [0.25, 0.3) is 0 Å². The van der Waals surface area contributed by atoms with Gasteiger partial charge in [0, 0.05) is 19.0 Å². The van der Waals surface area contributed by atoms with Gasteiger partial charge in [-0.1, -0.05) is 37.3 Å². The normalized spacial score (nSPS) is 14.1. The van der Waals surface area contributed by atoms with E-state index in [2.05, 4.69) is 0 Å². The van der Waals surface area contributed by atoms with Gasteiger partial charge in [0.05, 0.1) is 26.4 Å². The van der Waals surface area contributed by atoms with E-state index in [1.807, 2.05) is 56.3 Å². The van der Waals surface area contributed by atoms with Gasteiger partial charge < -0.3 is 19.5 Å². The van der Waals surface area contributed by atoms with Crippen LogP contribution < -0.4 is 9.47 Å². The van der Waals surface area contributed by atoms with Crippen LogP contribution in [-0.2, 0) is 11.2 Å². The van der Waals surface area contributed by atoms with Crippen LogP contribution in [0.25, 0.3) is 0 Å². The van der Waals surface area contributed by atoms with Crippen molar-refractivity contribution in [2.45, 2.75) is 32.4 Å². The van der Waals surface area contributed by atoms with Gasteiger partial charge in [-0.25, -0.2) is 0 Å². The van der Waals surface area contributed by atoms with E-state index in [1.54, 1.807) is 32.2 Å². The van der Waals surface area contributed by atoms with Crippen LogP contribution >= 0.6 is 0 Å². The fourth-order valence-electron chi connectivity index (χ4n) is 3.11. The second-order valence-corrected chi connectivity index (χ2v) is 6.87. The van der Waals surface area contributed by atoms with E-state index in [4.69, 9.17) is 9.47 Å². The zero-order chi connectivity index (χ0) is 20.0. The highest BCUT2D eigenvalue weighted by molar-refractivity contribution is 5.79. The third-order valence-corrected chi connectivity index (χ3v) is 4.93. The lowest BCUT2D eigenvalue weighted by molar-refractivity contribution is -0.137. The van der Waals surface area contributed by atoms with Crippen LogP contribution in [0.5, 0.6) is 11.5 Å². The molecule has 27 heavy (non-hydrogen) atoms. The highest BCUT2D eigenvalue weighted by Crippen LogP contribution is 2.26. The van der Waals surface area contributed by atoms with Crippen LogP contribution in [0.3, 0.4) is 0 Å². The van der Waals surface area contributed by atoms with Crippen LogP contribution in [0.2, 0.25) is 0 Å². The van der Waals surface area contributed by atoms with E-state index >= 15 is 0 Å². The maximum atomic E-state index is 12.9. The number of aliphatic hydroxyl groups excluding tert-OH is 1. The Kier molecular flexibility index (Phi) is 7.25. The van der Waals surface area contributed by atoms with E-state index in [9.17, 15) is 9.90 Å². The SMILES string of the molecule is COc1cc(C[C@@H](C)C(=O)N(C)[C@@H](C)[C@@H](O)c2ccccc2)cc(OC)c1. The predicted molar refractivity (Wildman–Crippen MR) is 106 cm³/mol. The molecule has 0 spiro atoms. The second-order valence-electron chi connectivity index (χ2n) is 6.87. The first-order valence-electron chi connectivity index (χ1n) is 9.09. The van der Waals surface area contributed by atoms with Crippen LogP contribution in [0, 0.1) is 5.92 Å². The van der Waals surface area contributed by atoms with Crippen molar-refractivity contribution >= 4 is 5.91 Å². The summed E-state index contributed by atoms with van der Waals surface area (Å²) in [7, 11) is 4.95. The number of ether oxygens (including phenoxy) is 2. The number of carbonyl (C=O) groups excluding carboxylic acids is 1. The molecule has 146 valence electrons. The molecule has 0 unspecified atom stereocenters. The summed E-state index contributed by atoms with van der Waals surface area (Å²) in [6.07, 6.45) is -0.172. The lowest BCUT2D eigenvalue weighted by atomic mass is 9.97. The summed E-state index contributed by atoms with van der Waals surface area (Å²) in [6.45, 7) is 3.75. The molecule has 5 nitrogen and oxygen atoms in total. The maximum absolute atomic E-state index is 12.9. The number of nitrogens with zero attached hydrogens (tertiary/aromatic N) is 1. The highest BCUT2D eigenvalue weighted by atomic mass is 16.5. The van der Waals surface area contributed by atoms with Crippen LogP contribution in [0.4, 0.5) is 0 Å². The molecule has 0 aromatic heterocycles. The van der Waals surface area contributed by atoms with Gasteiger partial charge in [-0.15, -0.1) is 0 Å². The molecule has 0 aliphatic carbocycles. The third kappa shape index (κ3) is 5.23. The molecule has 5 heteroatoms. The number of rotatable bonds is 8. The van der Waals surface area contributed by atoms with Crippen molar-refractivity contribution in [3.8, 4) is 11.5 Å². The maximum Gasteiger partial charge on any atom is 0.225 e. The fraction of sp³-hybridized carbons (Fsp3) is 0.409. The number of hydrogen-bond acceptors (Lipinski definition) is 4. The highest BCUT2D eigenvalue weighted by Gasteiger charge is 2.27. The quantitative estimate of drug-likeness (QED) is 0.772. The summed E-state index contributed by atoms with van der Waals surface area (Å²) >= 11 is 0. The molecule has 2 rings (SSSR count). The van der Waals surface area contributed by atoms with Crippen molar-refractivity contribution in [3.63, 3.8) is 0 Å². The van der Waals surface area contributed by atoms with E-state index in [1.165, 1.54) is 0 Å². The van der Waals surface area contributed by atoms with Crippen molar-refractivity contribution in [3.05, 3.63) is 59.7 Å². The minimum atomic E-state index is -0.732. The van der Waals surface area contributed by atoms with E-state index in [-0.39, 0.29) is 17.9 Å². The Balaban J connectivity index is 2.07. The first-order chi connectivity index (χ1) is 12.9. The monoisotopic (exact) mass is 371 g/mol. The average molecular weight is 371 g/mol. The Morgan fingerprint density at radius 3 is 2.11 bits per heavy atom. The number of methoxy groups -OCH3 is 2. The minimum Gasteiger partial charge on any atom is -0.497 e. The number of aliphatic hydroxyl groups is 1. The largest absolute Gasteiger partial charge is 0.497 e. The first kappa shape index (κ1) is 20.8. The summed E-state index contributed by atoms with van der Waals surface area (Å²) in [5.74, 6) is 1.15. The molecule has 0 heterocycles. The number of benzene rings is 2. The minimum absolute atomic E-state index is 0.0146. The molecular weight excluding hydrogens is 342 g/mol. The third-order valence-electron chi connectivity index (χ3n) is 4.93. The summed E-state index contributed by atoms with van der Waals surface area (Å²) in [4.78, 5) is 14.5. The second kappa shape index (κ2) is 9.42. The predicted octanol–water partition coefficient (Wildman–Crippen LogP) is 3.46. The van der Waals surface area contributed by atoms with Gasteiger partial charge in [-0.05, 0) is 36.6 Å². The number of likely N-dealkylation sites (N-methyl/N-ethyl adjacent to an activating group) is 1. The Morgan fingerprint density at radius 2 is 1.59 bits per heavy atom. The molecule has 0 saturated carbocycles.